The van der Waals surface area contributed by atoms with Gasteiger partial charge >= 0.3 is 0 Å². The third kappa shape index (κ3) is 8.52. The van der Waals surface area contributed by atoms with Gasteiger partial charge in [-0.1, -0.05) is 35.9 Å². The molecule has 5 nitrogen and oxygen atoms in total. The highest BCUT2D eigenvalue weighted by molar-refractivity contribution is 7.88. The van der Waals surface area contributed by atoms with E-state index in [9.17, 15) is 13.2 Å². The molecule has 128 valence electrons. The number of hydrogen-bond donors (Lipinski definition) is 1. The summed E-state index contributed by atoms with van der Waals surface area (Å²) in [6.45, 7) is 2.80. The van der Waals surface area contributed by atoms with Crippen LogP contribution in [0.2, 0.25) is 0 Å². The highest BCUT2D eigenvalue weighted by Gasteiger charge is 2.09. The number of carbonyl (C=O) groups excluding carboxylic acids is 1. The number of nitrogens with zero attached hydrogens (tertiary/aromatic N) is 1. The van der Waals surface area contributed by atoms with Gasteiger partial charge in [0.15, 0.2) is 0 Å². The molecule has 1 amide bonds. The Balaban J connectivity index is 2.26. The number of sulfonamides is 1. The highest BCUT2D eigenvalue weighted by atomic mass is 32.2. The maximum Gasteiger partial charge on any atom is 0.243 e. The van der Waals surface area contributed by atoms with Crippen LogP contribution in [0.4, 0.5) is 0 Å². The molecule has 0 bridgehead atoms. The van der Waals surface area contributed by atoms with Crippen molar-refractivity contribution < 1.29 is 13.2 Å². The van der Waals surface area contributed by atoms with E-state index >= 15 is 0 Å². The Morgan fingerprint density at radius 3 is 2.52 bits per heavy atom. The van der Waals surface area contributed by atoms with Crippen LogP contribution in [0.1, 0.15) is 25.3 Å². The monoisotopic (exact) mass is 338 g/mol. The molecule has 0 fully saturated rings. The molecule has 1 rings (SSSR count). The molecular formula is C17H26N2O3S. The summed E-state index contributed by atoms with van der Waals surface area (Å²) < 4.78 is 23.7. The van der Waals surface area contributed by atoms with E-state index in [0.717, 1.165) is 18.4 Å². The van der Waals surface area contributed by atoms with Crippen LogP contribution >= 0.6 is 0 Å². The van der Waals surface area contributed by atoms with E-state index in [-0.39, 0.29) is 5.91 Å². The number of benzene rings is 1. The van der Waals surface area contributed by atoms with Crippen molar-refractivity contribution in [3.8, 4) is 0 Å². The molecule has 0 aliphatic rings. The first-order valence-electron chi connectivity index (χ1n) is 7.69. The standard InChI is InChI=1S/C17H26N2O3S/c1-15(10-11-16-8-5-4-6-9-16)14-17(20)18-12-7-13-19(2)23(3,21)22/h4-6,8-9,14H,7,10-13H2,1-3H3,(H,18,20). The molecule has 0 radical (unpaired) electrons. The highest BCUT2D eigenvalue weighted by Crippen LogP contribution is 2.08. The third-order valence-corrected chi connectivity index (χ3v) is 4.86. The fraction of sp³-hybridized carbons (Fsp3) is 0.471. The second-order valence-electron chi connectivity index (χ2n) is 5.71. The lowest BCUT2D eigenvalue weighted by molar-refractivity contribution is -0.116. The number of carbonyl (C=O) groups is 1. The van der Waals surface area contributed by atoms with Gasteiger partial charge in [-0.05, 0) is 31.7 Å². The minimum Gasteiger partial charge on any atom is -0.353 e. The lowest BCUT2D eigenvalue weighted by Gasteiger charge is -2.13. The Labute approximate surface area is 139 Å². The van der Waals surface area contributed by atoms with Crippen LogP contribution in [-0.4, -0.2) is 45.0 Å². The fourth-order valence-electron chi connectivity index (χ4n) is 2.01. The van der Waals surface area contributed by atoms with Gasteiger partial charge in [-0.25, -0.2) is 12.7 Å². The van der Waals surface area contributed by atoms with Crippen LogP contribution in [0, 0.1) is 0 Å². The smallest absolute Gasteiger partial charge is 0.243 e. The molecule has 0 atom stereocenters. The predicted molar refractivity (Wildman–Crippen MR) is 93.6 cm³/mol. The lowest BCUT2D eigenvalue weighted by atomic mass is 10.1. The van der Waals surface area contributed by atoms with Gasteiger partial charge < -0.3 is 5.32 Å². The van der Waals surface area contributed by atoms with E-state index in [2.05, 4.69) is 17.4 Å². The van der Waals surface area contributed by atoms with E-state index in [1.807, 2.05) is 25.1 Å². The lowest BCUT2D eigenvalue weighted by Crippen LogP contribution is -2.30. The molecule has 1 aromatic carbocycles. The predicted octanol–water partition coefficient (Wildman–Crippen LogP) is 1.96. The van der Waals surface area contributed by atoms with Crippen molar-refractivity contribution in [3.05, 3.63) is 47.5 Å². The molecule has 0 heterocycles. The van der Waals surface area contributed by atoms with Crippen molar-refractivity contribution in [2.24, 2.45) is 0 Å². The average Bonchev–Trinajstić information content (AvgIpc) is 2.49. The van der Waals surface area contributed by atoms with Crippen LogP contribution in [0.5, 0.6) is 0 Å². The van der Waals surface area contributed by atoms with Crippen molar-refractivity contribution in [1.82, 2.24) is 9.62 Å². The summed E-state index contributed by atoms with van der Waals surface area (Å²) >= 11 is 0. The van der Waals surface area contributed by atoms with Gasteiger partial charge in [0.05, 0.1) is 6.26 Å². The van der Waals surface area contributed by atoms with Crippen LogP contribution in [0.3, 0.4) is 0 Å². The first kappa shape index (κ1) is 19.4. The molecule has 0 saturated carbocycles. The molecule has 0 aliphatic heterocycles. The number of hydrogen-bond acceptors (Lipinski definition) is 3. The summed E-state index contributed by atoms with van der Waals surface area (Å²) in [4.78, 5) is 11.8. The maximum absolute atomic E-state index is 11.8. The molecule has 0 aromatic heterocycles. The van der Waals surface area contributed by atoms with Gasteiger partial charge in [-0.15, -0.1) is 0 Å². The molecule has 0 spiro atoms. The van der Waals surface area contributed by atoms with Gasteiger partial charge in [0.2, 0.25) is 15.9 Å². The van der Waals surface area contributed by atoms with Crippen molar-refractivity contribution in [3.63, 3.8) is 0 Å². The van der Waals surface area contributed by atoms with E-state index in [1.165, 1.54) is 23.2 Å². The van der Waals surface area contributed by atoms with E-state index in [1.54, 1.807) is 6.08 Å². The summed E-state index contributed by atoms with van der Waals surface area (Å²) in [5, 5.41) is 2.78. The van der Waals surface area contributed by atoms with Crippen molar-refractivity contribution in [2.75, 3.05) is 26.4 Å². The molecule has 1 aromatic rings. The van der Waals surface area contributed by atoms with Gasteiger partial charge in [-0.3, -0.25) is 4.79 Å². The average molecular weight is 338 g/mol. The Kier molecular flexibility index (Phi) is 7.98. The van der Waals surface area contributed by atoms with Crippen molar-refractivity contribution in [2.45, 2.75) is 26.2 Å². The van der Waals surface area contributed by atoms with Crippen molar-refractivity contribution in [1.29, 1.82) is 0 Å². The normalized spacial score (nSPS) is 12.4. The van der Waals surface area contributed by atoms with E-state index in [4.69, 9.17) is 0 Å². The molecule has 0 unspecified atom stereocenters. The molecule has 1 N–H and O–H groups in total. The second-order valence-corrected chi connectivity index (χ2v) is 7.79. The number of rotatable bonds is 9. The van der Waals surface area contributed by atoms with Gasteiger partial charge in [0, 0.05) is 26.2 Å². The Hall–Kier alpha value is -1.66. The molecule has 23 heavy (non-hydrogen) atoms. The summed E-state index contributed by atoms with van der Waals surface area (Å²) in [6.07, 6.45) is 5.13. The third-order valence-electron chi connectivity index (χ3n) is 3.54. The largest absolute Gasteiger partial charge is 0.353 e. The maximum atomic E-state index is 11.8. The van der Waals surface area contributed by atoms with Crippen LogP contribution < -0.4 is 5.32 Å². The van der Waals surface area contributed by atoms with Gasteiger partial charge in [0.25, 0.3) is 0 Å². The number of aryl methyl sites for hydroxylation is 1. The zero-order valence-corrected chi connectivity index (χ0v) is 14.9. The summed E-state index contributed by atoms with van der Waals surface area (Å²) in [5.74, 6) is -0.127. The zero-order chi connectivity index (χ0) is 17.3. The molecular weight excluding hydrogens is 312 g/mol. The summed E-state index contributed by atoms with van der Waals surface area (Å²) in [6, 6.07) is 10.2. The molecule has 6 heteroatoms. The Bertz CT molecular complexity index is 624. The number of allylic oxidation sites excluding steroid dienone is 1. The first-order valence-corrected chi connectivity index (χ1v) is 9.54. The topological polar surface area (TPSA) is 66.5 Å². The quantitative estimate of drug-likeness (QED) is 0.553. The molecule has 0 saturated heterocycles. The SMILES string of the molecule is CC(=CC(=O)NCCCN(C)S(C)(=O)=O)CCc1ccccc1. The van der Waals surface area contributed by atoms with Crippen LogP contribution in [0.15, 0.2) is 42.0 Å². The second kappa shape index (κ2) is 9.47. The Morgan fingerprint density at radius 1 is 1.26 bits per heavy atom. The van der Waals surface area contributed by atoms with Gasteiger partial charge in [0.1, 0.15) is 0 Å². The van der Waals surface area contributed by atoms with Crippen LogP contribution in [0.25, 0.3) is 0 Å². The number of amides is 1. The Morgan fingerprint density at radius 2 is 1.91 bits per heavy atom. The zero-order valence-electron chi connectivity index (χ0n) is 14.1. The summed E-state index contributed by atoms with van der Waals surface area (Å²) in [7, 11) is -1.62. The fourth-order valence-corrected chi connectivity index (χ4v) is 2.47. The van der Waals surface area contributed by atoms with E-state index in [0.29, 0.717) is 19.5 Å². The number of nitrogens with one attached hydrogen (secondary N) is 1. The van der Waals surface area contributed by atoms with Crippen LogP contribution in [-0.2, 0) is 21.2 Å². The van der Waals surface area contributed by atoms with Crippen molar-refractivity contribution >= 4 is 15.9 Å². The summed E-state index contributed by atoms with van der Waals surface area (Å²) in [5.41, 5.74) is 2.28. The van der Waals surface area contributed by atoms with E-state index < -0.39 is 10.0 Å². The minimum absolute atomic E-state index is 0.127. The molecule has 0 aliphatic carbocycles. The minimum atomic E-state index is -3.15. The van der Waals surface area contributed by atoms with Gasteiger partial charge in [-0.2, -0.15) is 0 Å². The first-order chi connectivity index (χ1) is 10.8.